The van der Waals surface area contributed by atoms with E-state index in [-0.39, 0.29) is 5.78 Å². The Bertz CT molecular complexity index is 315. The van der Waals surface area contributed by atoms with Gasteiger partial charge in [0, 0.05) is 6.20 Å². The van der Waals surface area contributed by atoms with Crippen LogP contribution in [0.2, 0.25) is 0 Å². The molecule has 0 aromatic carbocycles. The fraction of sp³-hybridized carbons (Fsp3) is 0.600. The van der Waals surface area contributed by atoms with E-state index < -0.39 is 5.54 Å². The maximum Gasteiger partial charge on any atom is 0.194 e. The third-order valence-corrected chi connectivity index (χ3v) is 3.60. The minimum absolute atomic E-state index is 0.0831. The Hall–Kier alpha value is -0.740. The third-order valence-electron chi connectivity index (χ3n) is 2.86. The van der Waals surface area contributed by atoms with Gasteiger partial charge in [0.25, 0.3) is 0 Å². The zero-order valence-corrected chi connectivity index (χ0v) is 8.85. The van der Waals surface area contributed by atoms with Gasteiger partial charge in [-0.25, -0.2) is 4.37 Å². The molecule has 0 unspecified atom stereocenters. The molecule has 3 nitrogen and oxygen atoms in total. The molecule has 14 heavy (non-hydrogen) atoms. The number of nitrogens with two attached hydrogens (primary N) is 1. The van der Waals surface area contributed by atoms with Crippen LogP contribution < -0.4 is 5.73 Å². The minimum atomic E-state index is -0.606. The first kappa shape index (κ1) is 9.80. The van der Waals surface area contributed by atoms with Gasteiger partial charge in [-0.1, -0.05) is 19.3 Å². The Kier molecular flexibility index (Phi) is 2.65. The average molecular weight is 210 g/mol. The quantitative estimate of drug-likeness (QED) is 0.759. The average Bonchev–Trinajstić information content (AvgIpc) is 2.70. The summed E-state index contributed by atoms with van der Waals surface area (Å²) in [5, 5.41) is 0. The van der Waals surface area contributed by atoms with Gasteiger partial charge in [0.1, 0.15) is 0 Å². The van der Waals surface area contributed by atoms with Crippen molar-refractivity contribution in [3.8, 4) is 0 Å². The fourth-order valence-corrected chi connectivity index (χ4v) is 2.63. The number of nitrogens with zero attached hydrogens (tertiary/aromatic N) is 1. The van der Waals surface area contributed by atoms with Gasteiger partial charge in [-0.15, -0.1) is 0 Å². The van der Waals surface area contributed by atoms with Crippen LogP contribution in [0.4, 0.5) is 0 Å². The molecular weight excluding hydrogens is 196 g/mol. The van der Waals surface area contributed by atoms with Gasteiger partial charge in [0.15, 0.2) is 5.78 Å². The van der Waals surface area contributed by atoms with E-state index in [1.165, 1.54) is 18.0 Å². The van der Waals surface area contributed by atoms with E-state index in [4.69, 9.17) is 5.73 Å². The van der Waals surface area contributed by atoms with Crippen molar-refractivity contribution in [2.24, 2.45) is 5.73 Å². The highest BCUT2D eigenvalue weighted by Crippen LogP contribution is 2.29. The molecular formula is C10H14N2OS. The molecule has 1 aliphatic carbocycles. The van der Waals surface area contributed by atoms with E-state index in [2.05, 4.69) is 4.37 Å². The Morgan fingerprint density at radius 3 is 2.71 bits per heavy atom. The molecule has 0 saturated heterocycles. The van der Waals surface area contributed by atoms with E-state index in [9.17, 15) is 4.79 Å². The Morgan fingerprint density at radius 2 is 2.14 bits per heavy atom. The van der Waals surface area contributed by atoms with Gasteiger partial charge in [0.2, 0.25) is 0 Å². The number of Topliss-reactive ketones (excluding diaryl/α,β-unsaturated/α-hetero) is 1. The van der Waals surface area contributed by atoms with Gasteiger partial charge >= 0.3 is 0 Å². The SMILES string of the molecule is NC1(C(=O)c2ccns2)CCCCC1. The lowest BCUT2D eigenvalue weighted by Gasteiger charge is -2.31. The molecule has 1 aromatic rings. The molecule has 1 saturated carbocycles. The predicted molar refractivity (Wildman–Crippen MR) is 56.4 cm³/mol. The van der Waals surface area contributed by atoms with Crippen molar-refractivity contribution >= 4 is 17.3 Å². The molecule has 1 heterocycles. The van der Waals surface area contributed by atoms with Crippen LogP contribution in [0.25, 0.3) is 0 Å². The number of hydrogen-bond donors (Lipinski definition) is 1. The van der Waals surface area contributed by atoms with E-state index >= 15 is 0 Å². The maximum atomic E-state index is 12.0. The molecule has 0 bridgehead atoms. The zero-order chi connectivity index (χ0) is 10.0. The van der Waals surface area contributed by atoms with E-state index in [0.29, 0.717) is 4.88 Å². The number of hydrogen-bond acceptors (Lipinski definition) is 4. The molecule has 0 spiro atoms. The van der Waals surface area contributed by atoms with Gasteiger partial charge in [-0.3, -0.25) is 4.79 Å². The summed E-state index contributed by atoms with van der Waals surface area (Å²) in [6.07, 6.45) is 6.65. The van der Waals surface area contributed by atoms with Gasteiger partial charge in [0.05, 0.1) is 10.4 Å². The number of ketones is 1. The smallest absolute Gasteiger partial charge is 0.194 e. The Morgan fingerprint density at radius 1 is 1.43 bits per heavy atom. The molecule has 1 aromatic heterocycles. The second kappa shape index (κ2) is 3.79. The summed E-state index contributed by atoms with van der Waals surface area (Å²) in [6.45, 7) is 0. The molecule has 0 aliphatic heterocycles. The van der Waals surface area contributed by atoms with Crippen molar-refractivity contribution in [2.45, 2.75) is 37.6 Å². The van der Waals surface area contributed by atoms with Crippen molar-refractivity contribution in [1.29, 1.82) is 0 Å². The van der Waals surface area contributed by atoms with Gasteiger partial charge < -0.3 is 5.73 Å². The maximum absolute atomic E-state index is 12.0. The summed E-state index contributed by atoms with van der Waals surface area (Å²) in [7, 11) is 0. The standard InChI is InChI=1S/C10H14N2OS/c11-10(5-2-1-3-6-10)9(13)8-4-7-12-14-8/h4,7H,1-3,5-6,11H2. The molecule has 2 N–H and O–H groups in total. The van der Waals surface area contributed by atoms with E-state index in [1.807, 2.05) is 0 Å². The van der Waals surface area contributed by atoms with Crippen molar-refractivity contribution in [1.82, 2.24) is 4.37 Å². The van der Waals surface area contributed by atoms with Crippen molar-refractivity contribution < 1.29 is 4.79 Å². The first-order valence-corrected chi connectivity index (χ1v) is 5.74. The molecule has 0 atom stereocenters. The lowest BCUT2D eigenvalue weighted by molar-refractivity contribution is 0.0852. The van der Waals surface area contributed by atoms with Gasteiger partial charge in [-0.05, 0) is 30.4 Å². The molecule has 76 valence electrons. The van der Waals surface area contributed by atoms with Crippen LogP contribution in [0.3, 0.4) is 0 Å². The van der Waals surface area contributed by atoms with Gasteiger partial charge in [-0.2, -0.15) is 0 Å². The normalized spacial score (nSPS) is 20.6. The molecule has 1 aliphatic rings. The molecule has 1 fully saturated rings. The summed E-state index contributed by atoms with van der Waals surface area (Å²) in [5.74, 6) is 0.0831. The van der Waals surface area contributed by atoms with Crippen LogP contribution in [-0.4, -0.2) is 15.7 Å². The van der Waals surface area contributed by atoms with Crippen molar-refractivity contribution in [3.05, 3.63) is 17.1 Å². The third kappa shape index (κ3) is 1.72. The van der Waals surface area contributed by atoms with Crippen molar-refractivity contribution in [3.63, 3.8) is 0 Å². The second-order valence-corrected chi connectivity index (χ2v) is 4.76. The van der Waals surface area contributed by atoms with Crippen LogP contribution in [0.1, 0.15) is 41.8 Å². The number of carbonyl (C=O) groups excluding carboxylic acids is 1. The monoisotopic (exact) mass is 210 g/mol. The van der Waals surface area contributed by atoms with E-state index in [0.717, 1.165) is 25.7 Å². The van der Waals surface area contributed by atoms with Crippen LogP contribution in [0, 0.1) is 0 Å². The summed E-state index contributed by atoms with van der Waals surface area (Å²) in [6, 6.07) is 1.76. The summed E-state index contributed by atoms with van der Waals surface area (Å²) in [5.41, 5.74) is 5.52. The van der Waals surface area contributed by atoms with Crippen LogP contribution >= 0.6 is 11.5 Å². The van der Waals surface area contributed by atoms with Crippen LogP contribution in [0.5, 0.6) is 0 Å². The zero-order valence-electron chi connectivity index (χ0n) is 8.03. The second-order valence-electron chi connectivity index (χ2n) is 3.92. The lowest BCUT2D eigenvalue weighted by Crippen LogP contribution is -2.49. The molecule has 2 rings (SSSR count). The topological polar surface area (TPSA) is 56.0 Å². The minimum Gasteiger partial charge on any atom is -0.319 e. The number of aromatic nitrogens is 1. The fourth-order valence-electron chi connectivity index (χ4n) is 1.99. The molecule has 0 amide bonds. The largest absolute Gasteiger partial charge is 0.319 e. The first-order chi connectivity index (χ1) is 6.72. The highest BCUT2D eigenvalue weighted by molar-refractivity contribution is 7.08. The molecule has 0 radical (unpaired) electrons. The van der Waals surface area contributed by atoms with Crippen LogP contribution in [0.15, 0.2) is 12.3 Å². The van der Waals surface area contributed by atoms with Crippen LogP contribution in [-0.2, 0) is 0 Å². The summed E-state index contributed by atoms with van der Waals surface area (Å²) >= 11 is 1.24. The highest BCUT2D eigenvalue weighted by Gasteiger charge is 2.36. The summed E-state index contributed by atoms with van der Waals surface area (Å²) in [4.78, 5) is 12.7. The number of rotatable bonds is 2. The Labute approximate surface area is 87.5 Å². The number of carbonyl (C=O) groups is 1. The van der Waals surface area contributed by atoms with Crippen molar-refractivity contribution in [2.75, 3.05) is 0 Å². The predicted octanol–water partition coefficient (Wildman–Crippen LogP) is 1.99. The first-order valence-electron chi connectivity index (χ1n) is 4.97. The Balaban J connectivity index is 2.17. The van der Waals surface area contributed by atoms with E-state index in [1.54, 1.807) is 12.3 Å². The lowest BCUT2D eigenvalue weighted by atomic mass is 9.79. The highest BCUT2D eigenvalue weighted by atomic mass is 32.1. The summed E-state index contributed by atoms with van der Waals surface area (Å²) < 4.78 is 3.93. The molecule has 4 heteroatoms.